The molecular weight excluding hydrogens is 318 g/mol. The van der Waals surface area contributed by atoms with E-state index in [2.05, 4.69) is 0 Å². The molecule has 2 aromatic carbocycles. The van der Waals surface area contributed by atoms with Gasteiger partial charge in [-0.25, -0.2) is 0 Å². The van der Waals surface area contributed by atoms with E-state index in [0.717, 1.165) is 22.8 Å². The molecule has 0 radical (unpaired) electrons. The maximum absolute atomic E-state index is 12.4. The van der Waals surface area contributed by atoms with E-state index in [1.807, 2.05) is 48.5 Å². The molecule has 5 heteroatoms. The molecule has 25 heavy (non-hydrogen) atoms. The SMILES string of the molecule is COc1cccc(CCC(=O)N(C)CC2COc3ccccc3O2)c1. The Kier molecular flexibility index (Phi) is 5.43. The minimum atomic E-state index is -0.152. The fourth-order valence-electron chi connectivity index (χ4n) is 2.83. The number of fused-ring (bicyclic) bond motifs is 1. The molecule has 1 atom stereocenters. The molecule has 5 nitrogen and oxygen atoms in total. The molecule has 0 spiro atoms. The first-order valence-electron chi connectivity index (χ1n) is 8.41. The van der Waals surface area contributed by atoms with Gasteiger partial charge in [-0.3, -0.25) is 4.79 Å². The van der Waals surface area contributed by atoms with Crippen molar-refractivity contribution in [3.63, 3.8) is 0 Å². The maximum Gasteiger partial charge on any atom is 0.222 e. The number of nitrogens with zero attached hydrogens (tertiary/aromatic N) is 1. The largest absolute Gasteiger partial charge is 0.497 e. The third-order valence-corrected chi connectivity index (χ3v) is 4.23. The average molecular weight is 341 g/mol. The van der Waals surface area contributed by atoms with Crippen LogP contribution in [0.15, 0.2) is 48.5 Å². The van der Waals surface area contributed by atoms with Crippen molar-refractivity contribution in [2.24, 2.45) is 0 Å². The Labute approximate surface area is 148 Å². The molecule has 0 saturated heterocycles. The third kappa shape index (κ3) is 4.44. The van der Waals surface area contributed by atoms with Gasteiger partial charge < -0.3 is 19.1 Å². The standard InChI is InChI=1S/C20H23NO4/c1-21(13-17-14-24-18-8-3-4-9-19(18)25-17)20(22)11-10-15-6-5-7-16(12-15)23-2/h3-9,12,17H,10-11,13-14H2,1-2H3. The fourth-order valence-corrected chi connectivity index (χ4v) is 2.83. The van der Waals surface area contributed by atoms with E-state index in [4.69, 9.17) is 14.2 Å². The van der Waals surface area contributed by atoms with Gasteiger partial charge in [0, 0.05) is 13.5 Å². The Hall–Kier alpha value is -2.69. The summed E-state index contributed by atoms with van der Waals surface area (Å²) in [6.45, 7) is 0.954. The Balaban J connectivity index is 1.49. The highest BCUT2D eigenvalue weighted by Crippen LogP contribution is 2.31. The smallest absolute Gasteiger partial charge is 0.222 e. The monoisotopic (exact) mass is 341 g/mol. The number of benzene rings is 2. The van der Waals surface area contributed by atoms with Crippen molar-refractivity contribution in [2.45, 2.75) is 18.9 Å². The van der Waals surface area contributed by atoms with Gasteiger partial charge in [0.2, 0.25) is 5.91 Å². The molecule has 0 aromatic heterocycles. The maximum atomic E-state index is 12.4. The van der Waals surface area contributed by atoms with E-state index in [-0.39, 0.29) is 12.0 Å². The molecule has 1 aliphatic rings. The van der Waals surface area contributed by atoms with E-state index < -0.39 is 0 Å². The fraction of sp³-hybridized carbons (Fsp3) is 0.350. The summed E-state index contributed by atoms with van der Waals surface area (Å²) >= 11 is 0. The van der Waals surface area contributed by atoms with E-state index in [9.17, 15) is 4.79 Å². The lowest BCUT2D eigenvalue weighted by Crippen LogP contribution is -2.41. The number of carbonyl (C=O) groups excluding carboxylic acids is 1. The van der Waals surface area contributed by atoms with Crippen LogP contribution >= 0.6 is 0 Å². The molecule has 0 aliphatic carbocycles. The highest BCUT2D eigenvalue weighted by molar-refractivity contribution is 5.76. The second-order valence-electron chi connectivity index (χ2n) is 6.12. The zero-order valence-electron chi connectivity index (χ0n) is 14.6. The minimum absolute atomic E-state index is 0.0882. The van der Waals surface area contributed by atoms with Crippen LogP contribution in [-0.2, 0) is 11.2 Å². The van der Waals surface area contributed by atoms with Crippen molar-refractivity contribution in [1.29, 1.82) is 0 Å². The zero-order chi connectivity index (χ0) is 17.6. The molecule has 0 bridgehead atoms. The first-order valence-corrected chi connectivity index (χ1v) is 8.41. The zero-order valence-corrected chi connectivity index (χ0v) is 14.6. The van der Waals surface area contributed by atoms with Gasteiger partial charge in [0.15, 0.2) is 17.6 Å². The Morgan fingerprint density at radius 3 is 2.80 bits per heavy atom. The molecular formula is C20H23NO4. The summed E-state index contributed by atoms with van der Waals surface area (Å²) in [5.74, 6) is 2.39. The van der Waals surface area contributed by atoms with E-state index >= 15 is 0 Å². The van der Waals surface area contributed by atoms with Crippen LogP contribution in [0.5, 0.6) is 17.2 Å². The van der Waals surface area contributed by atoms with E-state index in [1.165, 1.54) is 0 Å². The lowest BCUT2D eigenvalue weighted by Gasteiger charge is -2.29. The van der Waals surface area contributed by atoms with Crippen LogP contribution in [0.3, 0.4) is 0 Å². The molecule has 1 aliphatic heterocycles. The third-order valence-electron chi connectivity index (χ3n) is 4.23. The van der Waals surface area contributed by atoms with Crippen LogP contribution in [0.25, 0.3) is 0 Å². The summed E-state index contributed by atoms with van der Waals surface area (Å²) in [4.78, 5) is 14.1. The van der Waals surface area contributed by atoms with Gasteiger partial charge in [-0.05, 0) is 36.2 Å². The van der Waals surface area contributed by atoms with Gasteiger partial charge >= 0.3 is 0 Å². The summed E-state index contributed by atoms with van der Waals surface area (Å²) < 4.78 is 16.8. The summed E-state index contributed by atoms with van der Waals surface area (Å²) in [7, 11) is 3.44. The molecule has 0 N–H and O–H groups in total. The van der Waals surface area contributed by atoms with Crippen molar-refractivity contribution < 1.29 is 19.0 Å². The normalized spacial score (nSPS) is 15.5. The van der Waals surface area contributed by atoms with Crippen molar-refractivity contribution in [3.8, 4) is 17.2 Å². The topological polar surface area (TPSA) is 48.0 Å². The van der Waals surface area contributed by atoms with Gasteiger partial charge in [-0.15, -0.1) is 0 Å². The van der Waals surface area contributed by atoms with Gasteiger partial charge in [0.1, 0.15) is 12.4 Å². The number of hydrogen-bond acceptors (Lipinski definition) is 4. The molecule has 1 heterocycles. The number of methoxy groups -OCH3 is 1. The van der Waals surface area contributed by atoms with Crippen molar-refractivity contribution in [2.75, 3.05) is 27.3 Å². The molecule has 1 amide bonds. The molecule has 0 saturated carbocycles. The average Bonchev–Trinajstić information content (AvgIpc) is 2.66. The van der Waals surface area contributed by atoms with Gasteiger partial charge in [0.25, 0.3) is 0 Å². The van der Waals surface area contributed by atoms with E-state index in [1.54, 1.807) is 19.1 Å². The number of rotatable bonds is 6. The molecule has 3 rings (SSSR count). The number of likely N-dealkylation sites (N-methyl/N-ethyl adjacent to an activating group) is 1. The van der Waals surface area contributed by atoms with Crippen LogP contribution in [-0.4, -0.2) is 44.2 Å². The van der Waals surface area contributed by atoms with Gasteiger partial charge in [0.05, 0.1) is 13.7 Å². The second kappa shape index (κ2) is 7.92. The number of ether oxygens (including phenoxy) is 3. The highest BCUT2D eigenvalue weighted by Gasteiger charge is 2.23. The Bertz CT molecular complexity index is 731. The number of hydrogen-bond donors (Lipinski definition) is 0. The predicted molar refractivity (Wildman–Crippen MR) is 95.3 cm³/mol. The Morgan fingerprint density at radius 2 is 2.00 bits per heavy atom. The Morgan fingerprint density at radius 1 is 1.20 bits per heavy atom. The summed E-state index contributed by atoms with van der Waals surface area (Å²) in [6.07, 6.45) is 0.986. The summed E-state index contributed by atoms with van der Waals surface area (Å²) in [5, 5.41) is 0. The minimum Gasteiger partial charge on any atom is -0.497 e. The first-order chi connectivity index (χ1) is 12.2. The lowest BCUT2D eigenvalue weighted by atomic mass is 10.1. The van der Waals surface area contributed by atoms with Gasteiger partial charge in [-0.2, -0.15) is 0 Å². The van der Waals surface area contributed by atoms with Crippen molar-refractivity contribution in [1.82, 2.24) is 4.90 Å². The molecule has 1 unspecified atom stereocenters. The predicted octanol–water partition coefficient (Wildman–Crippen LogP) is 2.93. The van der Waals surface area contributed by atoms with Crippen molar-refractivity contribution >= 4 is 5.91 Å². The lowest BCUT2D eigenvalue weighted by molar-refractivity contribution is -0.131. The summed E-state index contributed by atoms with van der Waals surface area (Å²) in [6, 6.07) is 15.4. The van der Waals surface area contributed by atoms with Gasteiger partial charge in [-0.1, -0.05) is 24.3 Å². The van der Waals surface area contributed by atoms with Crippen LogP contribution in [0.1, 0.15) is 12.0 Å². The first kappa shape index (κ1) is 17.1. The summed E-state index contributed by atoms with van der Waals surface area (Å²) in [5.41, 5.74) is 1.09. The number of amides is 1. The number of aryl methyl sites for hydroxylation is 1. The molecule has 0 fully saturated rings. The van der Waals surface area contributed by atoms with Crippen LogP contribution in [0, 0.1) is 0 Å². The number of para-hydroxylation sites is 2. The van der Waals surface area contributed by atoms with Crippen LogP contribution in [0.4, 0.5) is 0 Å². The van der Waals surface area contributed by atoms with Crippen molar-refractivity contribution in [3.05, 3.63) is 54.1 Å². The highest BCUT2D eigenvalue weighted by atomic mass is 16.6. The molecule has 2 aromatic rings. The number of carbonyl (C=O) groups is 1. The van der Waals surface area contributed by atoms with Crippen LogP contribution < -0.4 is 14.2 Å². The quantitative estimate of drug-likeness (QED) is 0.811. The second-order valence-corrected chi connectivity index (χ2v) is 6.12. The molecule has 132 valence electrons. The van der Waals surface area contributed by atoms with Crippen LogP contribution in [0.2, 0.25) is 0 Å². The van der Waals surface area contributed by atoms with E-state index in [0.29, 0.717) is 26.0 Å².